The van der Waals surface area contributed by atoms with E-state index in [0.717, 1.165) is 6.54 Å². The largest absolute Gasteiger partial charge is 0.323 e. The highest BCUT2D eigenvalue weighted by Gasteiger charge is 2.46. The topological polar surface area (TPSA) is 3.24 Å². The van der Waals surface area contributed by atoms with Crippen molar-refractivity contribution in [2.75, 3.05) is 6.54 Å². The average Bonchev–Trinajstić information content (AvgIpc) is 2.52. The second-order valence-corrected chi connectivity index (χ2v) is 16.3. The molecule has 2 aromatic carbocycles. The molecule has 0 saturated heterocycles. The van der Waals surface area contributed by atoms with Gasteiger partial charge in [-0.05, 0) is 10.4 Å². The van der Waals surface area contributed by atoms with Gasteiger partial charge in [0.05, 0.1) is 0 Å². The van der Waals surface area contributed by atoms with Crippen LogP contribution >= 0.6 is 11.1 Å². The smallest absolute Gasteiger partial charge is 0.285 e. The molecule has 2 rings (SSSR count). The molecule has 116 valence electrons. The fraction of sp³-hybridized carbons (Fsp3) is 0.222. The van der Waals surface area contributed by atoms with Crippen molar-refractivity contribution in [3.63, 3.8) is 0 Å². The van der Waals surface area contributed by atoms with Crippen LogP contribution in [0.1, 0.15) is 0 Å². The summed E-state index contributed by atoms with van der Waals surface area (Å²) in [6.45, 7) is 11.8. The quantitative estimate of drug-likeness (QED) is 0.437. The molecule has 0 aliphatic heterocycles. The normalized spacial score (nSPS) is 12.4. The SMILES string of the molecule is C=CCN([Si](C)(C)C)[Si](Cl)(c1ccccc1)c1ccccc1. The maximum atomic E-state index is 7.47. The molecule has 0 amide bonds. The van der Waals surface area contributed by atoms with Gasteiger partial charge in [-0.1, -0.05) is 86.4 Å². The van der Waals surface area contributed by atoms with Crippen LogP contribution in [0.15, 0.2) is 73.3 Å². The van der Waals surface area contributed by atoms with Crippen molar-refractivity contribution in [3.05, 3.63) is 73.3 Å². The van der Waals surface area contributed by atoms with Gasteiger partial charge >= 0.3 is 0 Å². The lowest BCUT2D eigenvalue weighted by atomic mass is 10.4. The van der Waals surface area contributed by atoms with Gasteiger partial charge in [0, 0.05) is 6.54 Å². The van der Waals surface area contributed by atoms with E-state index in [0.29, 0.717) is 0 Å². The summed E-state index contributed by atoms with van der Waals surface area (Å²) in [7, 11) is -4.11. The van der Waals surface area contributed by atoms with Gasteiger partial charge in [0.25, 0.3) is 7.55 Å². The molecule has 0 spiro atoms. The van der Waals surface area contributed by atoms with Crippen molar-refractivity contribution in [2.24, 2.45) is 0 Å². The van der Waals surface area contributed by atoms with Gasteiger partial charge in [-0.25, -0.2) is 0 Å². The molecule has 0 aromatic heterocycles. The van der Waals surface area contributed by atoms with Crippen molar-refractivity contribution >= 4 is 37.2 Å². The van der Waals surface area contributed by atoms with E-state index in [1.807, 2.05) is 18.2 Å². The lowest BCUT2D eigenvalue weighted by molar-refractivity contribution is 0.712. The summed E-state index contributed by atoms with van der Waals surface area (Å²) < 4.78 is 2.55. The Balaban J connectivity index is 2.67. The van der Waals surface area contributed by atoms with Crippen molar-refractivity contribution in [2.45, 2.75) is 19.6 Å². The maximum absolute atomic E-state index is 7.47. The molecule has 0 saturated carbocycles. The molecule has 0 N–H and O–H groups in total. The highest BCUT2D eigenvalue weighted by molar-refractivity contribution is 7.34. The lowest BCUT2D eigenvalue weighted by Crippen LogP contribution is -2.72. The summed E-state index contributed by atoms with van der Waals surface area (Å²) in [5.41, 5.74) is 0. The van der Waals surface area contributed by atoms with Crippen LogP contribution in [0.4, 0.5) is 0 Å². The third kappa shape index (κ3) is 3.43. The van der Waals surface area contributed by atoms with E-state index in [1.54, 1.807) is 0 Å². The summed E-state index contributed by atoms with van der Waals surface area (Å²) in [4.78, 5) is 0. The number of hydrogen-bond acceptors (Lipinski definition) is 1. The third-order valence-electron chi connectivity index (χ3n) is 3.81. The van der Waals surface area contributed by atoms with E-state index < -0.39 is 15.8 Å². The minimum Gasteiger partial charge on any atom is -0.323 e. The minimum absolute atomic E-state index is 0.829. The summed E-state index contributed by atoms with van der Waals surface area (Å²) in [5.74, 6) is 0. The molecule has 0 bridgehead atoms. The molecule has 0 aliphatic rings. The lowest BCUT2D eigenvalue weighted by Gasteiger charge is -2.45. The van der Waals surface area contributed by atoms with Gasteiger partial charge in [-0.3, -0.25) is 0 Å². The molecule has 1 nitrogen and oxygen atoms in total. The Morgan fingerprint density at radius 1 is 0.909 bits per heavy atom. The van der Waals surface area contributed by atoms with Gasteiger partial charge < -0.3 is 4.23 Å². The van der Waals surface area contributed by atoms with E-state index in [9.17, 15) is 0 Å². The average molecular weight is 346 g/mol. The van der Waals surface area contributed by atoms with Crippen molar-refractivity contribution in [1.29, 1.82) is 0 Å². The minimum atomic E-state index is -2.49. The first-order chi connectivity index (χ1) is 10.4. The Hall–Kier alpha value is -1.14. The predicted molar refractivity (Wildman–Crippen MR) is 104 cm³/mol. The zero-order valence-electron chi connectivity index (χ0n) is 13.6. The number of hydrogen-bond donors (Lipinski definition) is 0. The van der Waals surface area contributed by atoms with E-state index >= 15 is 0 Å². The molecule has 2 aromatic rings. The molecule has 0 fully saturated rings. The Bertz CT molecular complexity index is 568. The molecule has 22 heavy (non-hydrogen) atoms. The van der Waals surface area contributed by atoms with E-state index in [1.165, 1.54) is 10.4 Å². The first kappa shape index (κ1) is 17.2. The Kier molecular flexibility index (Phi) is 5.45. The number of benzene rings is 2. The molecule has 0 radical (unpaired) electrons. The van der Waals surface area contributed by atoms with Crippen LogP contribution in [0, 0.1) is 0 Å². The molecule has 4 heteroatoms. The summed E-state index contributed by atoms with van der Waals surface area (Å²) in [6.07, 6.45) is 1.98. The fourth-order valence-corrected chi connectivity index (χ4v) is 13.8. The standard InChI is InChI=1S/C18H24ClNSi2/c1-5-16-20(21(2,3)4)22(19,17-12-8-6-9-13-17)18-14-10-7-11-15-18/h5-15H,1,16H2,2-4H3. The molecular formula is C18H24ClNSi2. The number of nitrogens with zero attached hydrogens (tertiary/aromatic N) is 1. The zero-order valence-corrected chi connectivity index (χ0v) is 16.3. The Morgan fingerprint density at radius 2 is 1.32 bits per heavy atom. The molecule has 0 atom stereocenters. The van der Waals surface area contributed by atoms with Crippen molar-refractivity contribution < 1.29 is 0 Å². The van der Waals surface area contributed by atoms with Crippen molar-refractivity contribution in [1.82, 2.24) is 4.23 Å². The van der Waals surface area contributed by atoms with E-state index in [2.05, 4.69) is 79.0 Å². The molecular weight excluding hydrogens is 322 g/mol. The van der Waals surface area contributed by atoms with Crippen LogP contribution in [0.5, 0.6) is 0 Å². The fourth-order valence-electron chi connectivity index (χ4n) is 2.79. The van der Waals surface area contributed by atoms with Gasteiger partial charge in [0.2, 0.25) is 0 Å². The Morgan fingerprint density at radius 3 is 1.64 bits per heavy atom. The van der Waals surface area contributed by atoms with Crippen LogP contribution in [0.3, 0.4) is 0 Å². The second-order valence-electron chi connectivity index (χ2n) is 6.42. The van der Waals surface area contributed by atoms with Gasteiger partial charge in [-0.2, -0.15) is 0 Å². The Labute approximate surface area is 141 Å². The van der Waals surface area contributed by atoms with Gasteiger partial charge in [0.15, 0.2) is 0 Å². The second kappa shape index (κ2) is 6.96. The predicted octanol–water partition coefficient (Wildman–Crippen LogP) is 3.80. The van der Waals surface area contributed by atoms with Crippen LogP contribution < -0.4 is 10.4 Å². The first-order valence-electron chi connectivity index (χ1n) is 7.59. The molecule has 0 unspecified atom stereocenters. The van der Waals surface area contributed by atoms with Gasteiger partial charge in [0.1, 0.15) is 8.24 Å². The number of rotatable bonds is 6. The van der Waals surface area contributed by atoms with Crippen LogP contribution in [0.25, 0.3) is 0 Å². The zero-order chi connectivity index (χ0) is 16.2. The van der Waals surface area contributed by atoms with Crippen LogP contribution in [0.2, 0.25) is 19.6 Å². The first-order valence-corrected chi connectivity index (χ1v) is 14.0. The summed E-state index contributed by atoms with van der Waals surface area (Å²) >= 11 is 7.47. The summed E-state index contributed by atoms with van der Waals surface area (Å²) in [5, 5.41) is 2.49. The molecule has 0 aliphatic carbocycles. The highest BCUT2D eigenvalue weighted by Crippen LogP contribution is 2.23. The molecule has 0 heterocycles. The van der Waals surface area contributed by atoms with Crippen LogP contribution in [-0.4, -0.2) is 26.6 Å². The van der Waals surface area contributed by atoms with Crippen LogP contribution in [-0.2, 0) is 0 Å². The van der Waals surface area contributed by atoms with Gasteiger partial charge in [-0.15, -0.1) is 17.7 Å². The van der Waals surface area contributed by atoms with Crippen molar-refractivity contribution in [3.8, 4) is 0 Å². The maximum Gasteiger partial charge on any atom is 0.285 e. The summed E-state index contributed by atoms with van der Waals surface area (Å²) in [6, 6.07) is 21.1. The monoisotopic (exact) mass is 345 g/mol. The highest BCUT2D eigenvalue weighted by atomic mass is 35.6. The third-order valence-corrected chi connectivity index (χ3v) is 14.1. The van der Waals surface area contributed by atoms with E-state index in [-0.39, 0.29) is 0 Å². The number of halogens is 1. The van der Waals surface area contributed by atoms with E-state index in [4.69, 9.17) is 11.1 Å².